The molecule has 2 rings (SSSR count). The van der Waals surface area contributed by atoms with Crippen LogP contribution in [-0.2, 0) is 11.2 Å². The van der Waals surface area contributed by atoms with E-state index >= 15 is 0 Å². The van der Waals surface area contributed by atoms with Crippen molar-refractivity contribution in [2.75, 3.05) is 18.5 Å². The van der Waals surface area contributed by atoms with Gasteiger partial charge in [-0.05, 0) is 25.1 Å². The third-order valence-electron chi connectivity index (χ3n) is 3.00. The van der Waals surface area contributed by atoms with E-state index in [2.05, 4.69) is 10.3 Å². The van der Waals surface area contributed by atoms with E-state index < -0.39 is 11.8 Å². The number of nitrogens with one attached hydrogen (secondary N) is 1. The lowest BCUT2D eigenvalue weighted by Gasteiger charge is -2.15. The van der Waals surface area contributed by atoms with Crippen molar-refractivity contribution in [1.29, 1.82) is 0 Å². The average Bonchev–Trinajstić information content (AvgIpc) is 2.39. The highest BCUT2D eigenvalue weighted by Crippen LogP contribution is 2.29. The molecule has 2 aromatic rings. The zero-order valence-electron chi connectivity index (χ0n) is 11.0. The molecule has 0 aliphatic rings. The fourth-order valence-electron chi connectivity index (χ4n) is 2.15. The highest BCUT2D eigenvalue weighted by atomic mass is 19.1. The first kappa shape index (κ1) is 14.2. The molecule has 0 aliphatic heterocycles. The maximum absolute atomic E-state index is 13.4. The summed E-state index contributed by atoms with van der Waals surface area (Å²) in [4.78, 5) is 15.3. The van der Waals surface area contributed by atoms with Gasteiger partial charge in [0.15, 0.2) is 0 Å². The third-order valence-corrected chi connectivity index (χ3v) is 3.00. The van der Waals surface area contributed by atoms with Crippen molar-refractivity contribution >= 4 is 22.6 Å². The highest BCUT2D eigenvalue weighted by molar-refractivity contribution is 5.94. The number of aliphatic hydroxyl groups excluding tert-OH is 1. The first-order valence-electron chi connectivity index (χ1n) is 6.18. The molecule has 20 heavy (non-hydrogen) atoms. The second kappa shape index (κ2) is 5.83. The van der Waals surface area contributed by atoms with E-state index in [1.165, 1.54) is 12.1 Å². The highest BCUT2D eigenvalue weighted by Gasteiger charge is 2.15. The Kier molecular flexibility index (Phi) is 4.14. The Bertz CT molecular complexity index is 658. The van der Waals surface area contributed by atoms with Crippen LogP contribution in [0.25, 0.3) is 10.9 Å². The number of carboxylic acids is 1. The predicted octanol–water partition coefficient (Wildman–Crippen LogP) is 1.71. The molecule has 0 unspecified atom stereocenters. The van der Waals surface area contributed by atoms with Crippen LogP contribution in [0, 0.1) is 12.7 Å². The number of carbonyl (C=O) groups is 1. The number of hydrogen-bond donors (Lipinski definition) is 3. The maximum Gasteiger partial charge on any atom is 0.307 e. The maximum atomic E-state index is 13.4. The minimum absolute atomic E-state index is 0.106. The van der Waals surface area contributed by atoms with Crippen molar-refractivity contribution in [2.45, 2.75) is 13.3 Å². The number of aliphatic carboxylic acids is 1. The Balaban J connectivity index is 2.67. The molecule has 0 spiro atoms. The number of hydrogen-bond acceptors (Lipinski definition) is 4. The van der Waals surface area contributed by atoms with Crippen molar-refractivity contribution in [3.8, 4) is 0 Å². The number of pyridine rings is 1. The number of anilines is 1. The number of halogens is 1. The summed E-state index contributed by atoms with van der Waals surface area (Å²) >= 11 is 0. The number of nitrogens with zero attached hydrogens (tertiary/aromatic N) is 1. The molecule has 0 saturated heterocycles. The number of carboxylic acid groups (broad SMARTS) is 1. The largest absolute Gasteiger partial charge is 0.481 e. The van der Waals surface area contributed by atoms with Crippen molar-refractivity contribution in [3.63, 3.8) is 0 Å². The lowest BCUT2D eigenvalue weighted by atomic mass is 10.0. The van der Waals surface area contributed by atoms with E-state index in [0.717, 1.165) is 0 Å². The molecule has 0 radical (unpaired) electrons. The molecule has 0 atom stereocenters. The van der Waals surface area contributed by atoms with Crippen LogP contribution < -0.4 is 5.32 Å². The van der Waals surface area contributed by atoms with Gasteiger partial charge in [-0.25, -0.2) is 4.39 Å². The van der Waals surface area contributed by atoms with E-state index in [1.807, 2.05) is 0 Å². The summed E-state index contributed by atoms with van der Waals surface area (Å²) in [6, 6.07) is 4.17. The molecule has 1 heterocycles. The molecule has 3 N–H and O–H groups in total. The zero-order chi connectivity index (χ0) is 14.7. The van der Waals surface area contributed by atoms with Gasteiger partial charge in [0.05, 0.1) is 18.5 Å². The van der Waals surface area contributed by atoms with Crippen LogP contribution in [0.2, 0.25) is 0 Å². The predicted molar refractivity (Wildman–Crippen MR) is 73.4 cm³/mol. The lowest BCUT2D eigenvalue weighted by molar-refractivity contribution is -0.136. The second-order valence-electron chi connectivity index (χ2n) is 4.43. The van der Waals surface area contributed by atoms with Gasteiger partial charge in [0.25, 0.3) is 0 Å². The number of fused-ring (bicyclic) bond motifs is 1. The number of rotatable bonds is 5. The minimum atomic E-state index is -0.988. The molecule has 106 valence electrons. The summed E-state index contributed by atoms with van der Waals surface area (Å²) in [7, 11) is 0. The summed E-state index contributed by atoms with van der Waals surface area (Å²) < 4.78 is 13.4. The third kappa shape index (κ3) is 2.85. The van der Waals surface area contributed by atoms with Crippen LogP contribution in [0.15, 0.2) is 18.2 Å². The monoisotopic (exact) mass is 278 g/mol. The first-order chi connectivity index (χ1) is 9.52. The summed E-state index contributed by atoms with van der Waals surface area (Å²) in [5.41, 5.74) is 2.18. The topological polar surface area (TPSA) is 82.5 Å². The SMILES string of the molecule is Cc1nc2ccc(F)cc2c(NCCO)c1CC(=O)O. The Labute approximate surface area is 115 Å². The normalized spacial score (nSPS) is 10.8. The summed E-state index contributed by atoms with van der Waals surface area (Å²) in [6.45, 7) is 1.86. The fraction of sp³-hybridized carbons (Fsp3) is 0.286. The van der Waals surface area contributed by atoms with Crippen molar-refractivity contribution in [3.05, 3.63) is 35.3 Å². The molecule has 0 fully saturated rings. The summed E-state index contributed by atoms with van der Waals surface area (Å²) in [6.07, 6.45) is -0.209. The zero-order valence-corrected chi connectivity index (χ0v) is 11.0. The molecular weight excluding hydrogens is 263 g/mol. The smallest absolute Gasteiger partial charge is 0.307 e. The molecule has 5 nitrogen and oxygen atoms in total. The Morgan fingerprint density at radius 1 is 1.45 bits per heavy atom. The van der Waals surface area contributed by atoms with Gasteiger partial charge in [-0.2, -0.15) is 0 Å². The van der Waals surface area contributed by atoms with Gasteiger partial charge < -0.3 is 15.5 Å². The average molecular weight is 278 g/mol. The Morgan fingerprint density at radius 2 is 2.20 bits per heavy atom. The van der Waals surface area contributed by atoms with Crippen LogP contribution in [0.5, 0.6) is 0 Å². The second-order valence-corrected chi connectivity index (χ2v) is 4.43. The number of aliphatic hydroxyl groups is 1. The fourth-order valence-corrected chi connectivity index (χ4v) is 2.15. The van der Waals surface area contributed by atoms with Crippen LogP contribution >= 0.6 is 0 Å². The Hall–Kier alpha value is -2.21. The molecule has 1 aromatic heterocycles. The van der Waals surface area contributed by atoms with Crippen LogP contribution in [-0.4, -0.2) is 34.3 Å². The van der Waals surface area contributed by atoms with Crippen molar-refractivity contribution < 1.29 is 19.4 Å². The van der Waals surface area contributed by atoms with E-state index in [1.54, 1.807) is 13.0 Å². The minimum Gasteiger partial charge on any atom is -0.481 e. The first-order valence-corrected chi connectivity index (χ1v) is 6.18. The molecule has 0 aliphatic carbocycles. The van der Waals surface area contributed by atoms with E-state index in [9.17, 15) is 9.18 Å². The molecule has 1 aromatic carbocycles. The molecule has 0 amide bonds. The number of benzene rings is 1. The van der Waals surface area contributed by atoms with E-state index in [-0.39, 0.29) is 19.6 Å². The number of aryl methyl sites for hydroxylation is 1. The van der Waals surface area contributed by atoms with Gasteiger partial charge in [-0.15, -0.1) is 0 Å². The van der Waals surface area contributed by atoms with Crippen LogP contribution in [0.4, 0.5) is 10.1 Å². The molecule has 0 saturated carbocycles. The van der Waals surface area contributed by atoms with Crippen LogP contribution in [0.3, 0.4) is 0 Å². The van der Waals surface area contributed by atoms with E-state index in [0.29, 0.717) is 27.8 Å². The summed E-state index contributed by atoms with van der Waals surface area (Å²) in [5.74, 6) is -1.41. The van der Waals surface area contributed by atoms with Gasteiger partial charge in [-0.3, -0.25) is 9.78 Å². The van der Waals surface area contributed by atoms with Crippen molar-refractivity contribution in [2.24, 2.45) is 0 Å². The number of aromatic nitrogens is 1. The standard InChI is InChI=1S/C14H15FN2O3/c1-8-10(7-13(19)20)14(16-4-5-18)11-6-9(15)2-3-12(11)17-8/h2-3,6,18H,4-5,7H2,1H3,(H,16,17)(H,19,20). The van der Waals surface area contributed by atoms with Gasteiger partial charge in [-0.1, -0.05) is 0 Å². The van der Waals surface area contributed by atoms with E-state index in [4.69, 9.17) is 10.2 Å². The lowest BCUT2D eigenvalue weighted by Crippen LogP contribution is -2.12. The molecular formula is C14H15FN2O3. The summed E-state index contributed by atoms with van der Waals surface area (Å²) in [5, 5.41) is 21.4. The van der Waals surface area contributed by atoms with Gasteiger partial charge in [0, 0.05) is 28.9 Å². The Morgan fingerprint density at radius 3 is 2.85 bits per heavy atom. The molecule has 0 bridgehead atoms. The molecule has 6 heteroatoms. The van der Waals surface area contributed by atoms with Crippen molar-refractivity contribution in [1.82, 2.24) is 4.98 Å². The van der Waals surface area contributed by atoms with Gasteiger partial charge >= 0.3 is 5.97 Å². The van der Waals surface area contributed by atoms with Gasteiger partial charge in [0.1, 0.15) is 5.82 Å². The van der Waals surface area contributed by atoms with Crippen LogP contribution in [0.1, 0.15) is 11.3 Å². The van der Waals surface area contributed by atoms with Gasteiger partial charge in [0.2, 0.25) is 0 Å². The quantitative estimate of drug-likeness (QED) is 0.775.